The molecule has 0 spiro atoms. The van der Waals surface area contributed by atoms with Crippen molar-refractivity contribution in [3.8, 4) is 0 Å². The third-order valence-corrected chi connectivity index (χ3v) is 17.9. The van der Waals surface area contributed by atoms with Crippen LogP contribution in [0.25, 0.3) is 0 Å². The largest absolute Gasteiger partial charge is 0.417 e. The van der Waals surface area contributed by atoms with Crippen molar-refractivity contribution in [2.45, 2.75) is 129 Å². The summed E-state index contributed by atoms with van der Waals surface area (Å²) in [5.74, 6) is 0.159. The number of ether oxygens (including phenoxy) is 1. The van der Waals surface area contributed by atoms with E-state index in [1.165, 1.54) is 5.56 Å². The van der Waals surface area contributed by atoms with Crippen molar-refractivity contribution in [2.24, 2.45) is 11.8 Å². The van der Waals surface area contributed by atoms with Crippen LogP contribution in [0.5, 0.6) is 0 Å². The molecule has 0 radical (unpaired) electrons. The normalized spacial score (nSPS) is 16.6. The molecule has 4 atom stereocenters. The maximum Gasteiger partial charge on any atom is 0.192 e. The molecule has 4 nitrogen and oxygen atoms in total. The van der Waals surface area contributed by atoms with Crippen molar-refractivity contribution in [1.82, 2.24) is 0 Å². The Morgan fingerprint density at radius 1 is 0.921 bits per heavy atom. The summed E-state index contributed by atoms with van der Waals surface area (Å²) in [6, 6.07) is 10.3. The van der Waals surface area contributed by atoms with E-state index in [2.05, 4.69) is 93.4 Å². The summed E-state index contributed by atoms with van der Waals surface area (Å²) in [5.41, 5.74) is 1.19. The van der Waals surface area contributed by atoms with Gasteiger partial charge in [-0.1, -0.05) is 84.9 Å². The van der Waals surface area contributed by atoms with E-state index in [1.807, 2.05) is 24.3 Å². The van der Waals surface area contributed by atoms with Crippen molar-refractivity contribution in [3.63, 3.8) is 0 Å². The maximum atomic E-state index is 11.5. The average Bonchev–Trinajstić information content (AvgIpc) is 2.80. The summed E-state index contributed by atoms with van der Waals surface area (Å²) >= 11 is 0. The van der Waals surface area contributed by atoms with Crippen molar-refractivity contribution >= 4 is 16.6 Å². The molecule has 1 rings (SSSR count). The minimum atomic E-state index is -2.07. The highest BCUT2D eigenvalue weighted by Crippen LogP contribution is 2.41. The molecule has 0 amide bonds. The SMILES string of the molecule is C=CCC[C@@H](O)[C@@H]([C@H](C)CO[Si](C)(C)C(C)(C)C)[C@@H](CCCOCc1ccccc1)O[Si](C)(C)C(C)(C)C. The van der Waals surface area contributed by atoms with Crippen molar-refractivity contribution < 1.29 is 18.7 Å². The van der Waals surface area contributed by atoms with Gasteiger partial charge in [0.25, 0.3) is 0 Å². The van der Waals surface area contributed by atoms with E-state index in [-0.39, 0.29) is 28.0 Å². The Balaban J connectivity index is 3.11. The molecule has 0 fully saturated rings. The number of hydrogen-bond donors (Lipinski definition) is 1. The molecule has 0 aromatic heterocycles. The van der Waals surface area contributed by atoms with E-state index >= 15 is 0 Å². The fraction of sp³-hybridized carbons (Fsp3) is 0.750. The summed E-state index contributed by atoms with van der Waals surface area (Å²) in [5, 5.41) is 11.8. The Morgan fingerprint density at radius 2 is 1.50 bits per heavy atom. The summed E-state index contributed by atoms with van der Waals surface area (Å²) in [6.45, 7) is 31.0. The van der Waals surface area contributed by atoms with Crippen molar-refractivity contribution in [1.29, 1.82) is 0 Å². The Kier molecular flexibility index (Phi) is 14.2. The van der Waals surface area contributed by atoms with E-state index in [9.17, 15) is 5.11 Å². The first kappa shape index (κ1) is 35.3. The Morgan fingerprint density at radius 3 is 2.03 bits per heavy atom. The van der Waals surface area contributed by atoms with E-state index in [0.717, 1.165) is 19.3 Å². The van der Waals surface area contributed by atoms with Gasteiger partial charge in [0.1, 0.15) is 0 Å². The molecular formula is C32H60O4Si2. The molecule has 38 heavy (non-hydrogen) atoms. The van der Waals surface area contributed by atoms with E-state index in [4.69, 9.17) is 13.6 Å². The molecule has 1 aromatic carbocycles. The topological polar surface area (TPSA) is 47.9 Å². The van der Waals surface area contributed by atoms with Gasteiger partial charge in [-0.25, -0.2) is 0 Å². The van der Waals surface area contributed by atoms with Gasteiger partial charge in [-0.3, -0.25) is 0 Å². The lowest BCUT2D eigenvalue weighted by atomic mass is 9.81. The van der Waals surface area contributed by atoms with Gasteiger partial charge < -0.3 is 18.7 Å². The monoisotopic (exact) mass is 564 g/mol. The molecule has 0 bridgehead atoms. The Hall–Kier alpha value is -0.766. The quantitative estimate of drug-likeness (QED) is 0.116. The van der Waals surface area contributed by atoms with Crippen LogP contribution in [0, 0.1) is 11.8 Å². The molecule has 1 aromatic rings. The number of aliphatic hydroxyl groups excluding tert-OH is 1. The molecule has 0 saturated carbocycles. The fourth-order valence-electron chi connectivity index (χ4n) is 4.18. The summed E-state index contributed by atoms with van der Waals surface area (Å²) < 4.78 is 19.8. The highest BCUT2D eigenvalue weighted by molar-refractivity contribution is 6.74. The van der Waals surface area contributed by atoms with Crippen LogP contribution in [0.4, 0.5) is 0 Å². The minimum Gasteiger partial charge on any atom is -0.417 e. The molecular weight excluding hydrogens is 505 g/mol. The lowest BCUT2D eigenvalue weighted by Gasteiger charge is -2.45. The van der Waals surface area contributed by atoms with Crippen LogP contribution in [0.2, 0.25) is 36.3 Å². The highest BCUT2D eigenvalue weighted by Gasteiger charge is 2.44. The van der Waals surface area contributed by atoms with Gasteiger partial charge in [-0.15, -0.1) is 6.58 Å². The first-order chi connectivity index (χ1) is 17.4. The van der Waals surface area contributed by atoms with Crippen LogP contribution in [0.15, 0.2) is 43.0 Å². The second kappa shape index (κ2) is 15.3. The number of aliphatic hydroxyl groups is 1. The van der Waals surface area contributed by atoms with Gasteiger partial charge in [0.05, 0.1) is 18.8 Å². The van der Waals surface area contributed by atoms with Gasteiger partial charge in [0.15, 0.2) is 16.6 Å². The predicted molar refractivity (Wildman–Crippen MR) is 169 cm³/mol. The average molecular weight is 565 g/mol. The van der Waals surface area contributed by atoms with Gasteiger partial charge in [0.2, 0.25) is 0 Å². The van der Waals surface area contributed by atoms with Crippen molar-refractivity contribution in [3.05, 3.63) is 48.6 Å². The molecule has 0 unspecified atom stereocenters. The van der Waals surface area contributed by atoms with Crippen LogP contribution in [0.3, 0.4) is 0 Å². The van der Waals surface area contributed by atoms with Crippen LogP contribution in [-0.4, -0.2) is 47.2 Å². The fourth-order valence-corrected chi connectivity index (χ4v) is 6.68. The second-order valence-corrected chi connectivity index (χ2v) is 23.7. The molecule has 0 aliphatic carbocycles. The van der Waals surface area contributed by atoms with Crippen LogP contribution < -0.4 is 0 Å². The highest BCUT2D eigenvalue weighted by atomic mass is 28.4. The van der Waals surface area contributed by atoms with Gasteiger partial charge in [0, 0.05) is 19.1 Å². The number of rotatable bonds is 17. The number of hydrogen-bond acceptors (Lipinski definition) is 4. The van der Waals surface area contributed by atoms with Gasteiger partial charge in [-0.05, 0) is 73.4 Å². The van der Waals surface area contributed by atoms with Crippen LogP contribution in [0.1, 0.15) is 79.7 Å². The van der Waals surface area contributed by atoms with Crippen molar-refractivity contribution in [2.75, 3.05) is 13.2 Å². The smallest absolute Gasteiger partial charge is 0.192 e. The molecule has 0 heterocycles. The molecule has 6 heteroatoms. The van der Waals surface area contributed by atoms with E-state index in [1.54, 1.807) is 0 Å². The number of allylic oxidation sites excluding steroid dienone is 1. The number of benzene rings is 1. The zero-order chi connectivity index (χ0) is 29.2. The molecule has 0 aliphatic heterocycles. The zero-order valence-corrected chi connectivity index (χ0v) is 28.6. The zero-order valence-electron chi connectivity index (χ0n) is 26.6. The lowest BCUT2D eigenvalue weighted by Crippen LogP contribution is -2.50. The first-order valence-electron chi connectivity index (χ1n) is 14.7. The second-order valence-electron chi connectivity index (χ2n) is 14.2. The van der Waals surface area contributed by atoms with Gasteiger partial charge in [-0.2, -0.15) is 0 Å². The Labute approximate surface area is 237 Å². The predicted octanol–water partition coefficient (Wildman–Crippen LogP) is 8.98. The molecule has 220 valence electrons. The van der Waals surface area contributed by atoms with E-state index in [0.29, 0.717) is 26.2 Å². The summed E-state index contributed by atoms with van der Waals surface area (Å²) in [4.78, 5) is 0. The molecule has 0 aliphatic rings. The summed E-state index contributed by atoms with van der Waals surface area (Å²) in [7, 11) is -3.97. The Bertz CT molecular complexity index is 796. The van der Waals surface area contributed by atoms with E-state index < -0.39 is 22.7 Å². The van der Waals surface area contributed by atoms with Gasteiger partial charge >= 0.3 is 0 Å². The molecule has 0 saturated heterocycles. The molecule has 1 N–H and O–H groups in total. The summed E-state index contributed by atoms with van der Waals surface area (Å²) in [6.07, 6.45) is 4.63. The standard InChI is InChI=1S/C32H60O4Si2/c1-13-14-21-28(33)30(26(2)24-35-37(9,10)31(3,4)5)29(36-38(11,12)32(6,7)8)22-18-23-34-25-27-19-16-15-17-20-27/h13,15-17,19-20,26,28-30,33H,1,14,18,21-25H2,2-12H3/t26-,28-,29-,30-/m1/s1. The minimum absolute atomic E-state index is 0.0111. The third kappa shape index (κ3) is 11.4. The van der Waals surface area contributed by atoms with Crippen LogP contribution in [-0.2, 0) is 20.2 Å². The first-order valence-corrected chi connectivity index (χ1v) is 20.5. The maximum absolute atomic E-state index is 11.5. The third-order valence-electron chi connectivity index (χ3n) is 8.85. The van der Waals surface area contributed by atoms with Crippen LogP contribution >= 0.6 is 0 Å². The lowest BCUT2D eigenvalue weighted by molar-refractivity contribution is -0.0303.